The van der Waals surface area contributed by atoms with Gasteiger partial charge in [-0.15, -0.1) is 0 Å². The summed E-state index contributed by atoms with van der Waals surface area (Å²) in [4.78, 5) is 26.7. The van der Waals surface area contributed by atoms with E-state index in [2.05, 4.69) is 4.90 Å². The summed E-state index contributed by atoms with van der Waals surface area (Å²) in [5, 5.41) is 0. The summed E-state index contributed by atoms with van der Waals surface area (Å²) in [5.41, 5.74) is 8.07. The number of anilines is 1. The molecule has 1 saturated heterocycles. The summed E-state index contributed by atoms with van der Waals surface area (Å²) in [5.74, 6) is -0.802. The zero-order chi connectivity index (χ0) is 21.5. The summed E-state index contributed by atoms with van der Waals surface area (Å²) >= 11 is 0. The third-order valence-corrected chi connectivity index (χ3v) is 7.71. The maximum Gasteiger partial charge on any atom is 0.269 e. The molecule has 0 unspecified atom stereocenters. The van der Waals surface area contributed by atoms with Gasteiger partial charge in [-0.05, 0) is 48.6 Å². The molecule has 4 rings (SSSR count). The highest BCUT2D eigenvalue weighted by molar-refractivity contribution is 7.90. The van der Waals surface area contributed by atoms with E-state index in [0.717, 1.165) is 28.6 Å². The molecule has 0 spiro atoms. The number of hydrogen-bond acceptors (Lipinski definition) is 5. The molecule has 2 aliphatic rings. The van der Waals surface area contributed by atoms with Crippen LogP contribution in [0.5, 0.6) is 0 Å². The van der Waals surface area contributed by atoms with Gasteiger partial charge in [0.2, 0.25) is 5.91 Å². The van der Waals surface area contributed by atoms with Crippen molar-refractivity contribution >= 4 is 27.5 Å². The molecule has 7 nitrogen and oxygen atoms in total. The van der Waals surface area contributed by atoms with Crippen molar-refractivity contribution in [3.63, 3.8) is 0 Å². The Kier molecular flexibility index (Phi) is 5.27. The van der Waals surface area contributed by atoms with E-state index in [9.17, 15) is 18.0 Å². The van der Waals surface area contributed by atoms with Crippen LogP contribution in [0.4, 0.5) is 5.69 Å². The molecule has 158 valence electrons. The Morgan fingerprint density at radius 2 is 1.83 bits per heavy atom. The molecule has 0 saturated carbocycles. The molecule has 2 N–H and O–H groups in total. The van der Waals surface area contributed by atoms with Gasteiger partial charge in [0.1, 0.15) is 4.90 Å². The second kappa shape index (κ2) is 7.75. The topological polar surface area (TPSA) is 101 Å². The minimum atomic E-state index is -3.80. The minimum absolute atomic E-state index is 0.0751. The third-order valence-electron chi connectivity index (χ3n) is 5.88. The number of rotatable bonds is 5. The Balaban J connectivity index is 1.70. The fraction of sp³-hybridized carbons (Fsp3) is 0.364. The fourth-order valence-corrected chi connectivity index (χ4v) is 5.95. The van der Waals surface area contributed by atoms with E-state index in [1.54, 1.807) is 12.1 Å². The van der Waals surface area contributed by atoms with Crippen LogP contribution >= 0.6 is 0 Å². The van der Waals surface area contributed by atoms with Crippen molar-refractivity contribution in [1.29, 1.82) is 0 Å². The van der Waals surface area contributed by atoms with E-state index >= 15 is 0 Å². The molecule has 30 heavy (non-hydrogen) atoms. The van der Waals surface area contributed by atoms with Crippen molar-refractivity contribution in [3.05, 3.63) is 48.0 Å². The molecule has 0 atom stereocenters. The first kappa shape index (κ1) is 20.4. The number of carbonyl (C=O) groups is 2. The van der Waals surface area contributed by atoms with Crippen LogP contribution in [0.3, 0.4) is 0 Å². The lowest BCUT2D eigenvalue weighted by atomic mass is 9.95. The number of primary amides is 1. The number of hydrogen-bond donors (Lipinski definition) is 1. The Bertz CT molecular complexity index is 1110. The van der Waals surface area contributed by atoms with Crippen molar-refractivity contribution in [2.75, 3.05) is 24.5 Å². The van der Waals surface area contributed by atoms with Crippen LogP contribution in [0.1, 0.15) is 36.5 Å². The highest BCUT2D eigenvalue weighted by Gasteiger charge is 2.42. The van der Waals surface area contributed by atoms with Crippen molar-refractivity contribution in [1.82, 2.24) is 4.31 Å². The second-order valence-corrected chi connectivity index (χ2v) is 9.61. The number of benzene rings is 2. The van der Waals surface area contributed by atoms with Gasteiger partial charge in [0.05, 0.1) is 5.56 Å². The number of fused-ring (bicyclic) bond motifs is 1. The Morgan fingerprint density at radius 3 is 2.50 bits per heavy atom. The van der Waals surface area contributed by atoms with Crippen LogP contribution in [-0.2, 0) is 14.8 Å². The largest absolute Gasteiger partial charge is 0.371 e. The summed E-state index contributed by atoms with van der Waals surface area (Å²) in [7, 11) is -3.80. The number of amides is 2. The third kappa shape index (κ3) is 3.35. The maximum absolute atomic E-state index is 13.0. The molecule has 2 aromatic rings. The molecule has 0 aromatic heterocycles. The van der Waals surface area contributed by atoms with Crippen LogP contribution in [-0.4, -0.2) is 44.2 Å². The summed E-state index contributed by atoms with van der Waals surface area (Å²) in [6.07, 6.45) is 1.98. The van der Waals surface area contributed by atoms with Gasteiger partial charge in [-0.3, -0.25) is 9.59 Å². The number of carbonyl (C=O) groups excluding carboxylic acids is 2. The van der Waals surface area contributed by atoms with Gasteiger partial charge in [0.15, 0.2) is 0 Å². The van der Waals surface area contributed by atoms with Gasteiger partial charge >= 0.3 is 0 Å². The molecular formula is C22H25N3O4S. The molecular weight excluding hydrogens is 402 g/mol. The number of nitrogens with two attached hydrogens (primary N) is 1. The number of piperidine rings is 1. The summed E-state index contributed by atoms with van der Waals surface area (Å²) < 4.78 is 26.6. The van der Waals surface area contributed by atoms with Crippen LogP contribution in [0, 0.1) is 5.92 Å². The molecule has 1 fully saturated rings. The molecule has 8 heteroatoms. The maximum atomic E-state index is 13.0. The van der Waals surface area contributed by atoms with E-state index in [-0.39, 0.29) is 28.8 Å². The van der Waals surface area contributed by atoms with Crippen molar-refractivity contribution in [3.8, 4) is 11.1 Å². The molecule has 2 aromatic carbocycles. The van der Waals surface area contributed by atoms with Gasteiger partial charge in [0.25, 0.3) is 15.9 Å². The van der Waals surface area contributed by atoms with E-state index in [0.29, 0.717) is 24.8 Å². The zero-order valence-corrected chi connectivity index (χ0v) is 17.7. The molecule has 0 bridgehead atoms. The van der Waals surface area contributed by atoms with E-state index in [4.69, 9.17) is 5.73 Å². The first-order valence-electron chi connectivity index (χ1n) is 10.2. The zero-order valence-electron chi connectivity index (χ0n) is 16.9. The predicted octanol–water partition coefficient (Wildman–Crippen LogP) is 2.61. The highest BCUT2D eigenvalue weighted by atomic mass is 32.2. The molecule has 2 aliphatic heterocycles. The van der Waals surface area contributed by atoms with E-state index in [1.165, 1.54) is 6.07 Å². The summed E-state index contributed by atoms with van der Waals surface area (Å²) in [6.45, 7) is 3.46. The SMILES string of the molecule is CCCN1C(=O)c2c(-c3cccc(N4CCC(C(N)=O)CC4)c3)cccc2S1(=O)=O. The lowest BCUT2D eigenvalue weighted by molar-refractivity contribution is -0.122. The average Bonchev–Trinajstić information content (AvgIpc) is 2.95. The quantitative estimate of drug-likeness (QED) is 0.790. The average molecular weight is 428 g/mol. The van der Waals surface area contributed by atoms with Crippen LogP contribution in [0.15, 0.2) is 47.4 Å². The smallest absolute Gasteiger partial charge is 0.269 e. The lowest BCUT2D eigenvalue weighted by Gasteiger charge is -2.32. The molecule has 0 radical (unpaired) electrons. The van der Waals surface area contributed by atoms with Crippen molar-refractivity contribution < 1.29 is 18.0 Å². The van der Waals surface area contributed by atoms with E-state index < -0.39 is 15.9 Å². The van der Waals surface area contributed by atoms with Gasteiger partial charge in [0, 0.05) is 31.2 Å². The highest BCUT2D eigenvalue weighted by Crippen LogP contribution is 2.38. The van der Waals surface area contributed by atoms with Crippen molar-refractivity contribution in [2.24, 2.45) is 11.7 Å². The lowest BCUT2D eigenvalue weighted by Crippen LogP contribution is -2.38. The van der Waals surface area contributed by atoms with Gasteiger partial charge in [-0.1, -0.05) is 31.2 Å². The normalized spacial score (nSPS) is 18.5. The first-order valence-corrected chi connectivity index (χ1v) is 11.6. The predicted molar refractivity (Wildman–Crippen MR) is 115 cm³/mol. The standard InChI is InChI=1S/C22H25N3O4S/c1-2-11-25-22(27)20-18(7-4-8-19(20)30(25,28)29)16-5-3-6-17(14-16)24-12-9-15(10-13-24)21(23)26/h3-8,14-15H,2,9-13H2,1H3,(H2,23,26). The van der Waals surface area contributed by atoms with Crippen molar-refractivity contribution in [2.45, 2.75) is 31.1 Å². The van der Waals surface area contributed by atoms with Gasteiger partial charge < -0.3 is 10.6 Å². The Morgan fingerprint density at radius 1 is 1.13 bits per heavy atom. The Hall–Kier alpha value is -2.87. The van der Waals surface area contributed by atoms with E-state index in [1.807, 2.05) is 31.2 Å². The van der Waals surface area contributed by atoms with Crippen LogP contribution < -0.4 is 10.6 Å². The van der Waals surface area contributed by atoms with Crippen LogP contribution in [0.2, 0.25) is 0 Å². The fourth-order valence-electron chi connectivity index (χ4n) is 4.28. The Labute approximate surface area is 176 Å². The molecule has 2 amide bonds. The summed E-state index contributed by atoms with van der Waals surface area (Å²) in [6, 6.07) is 12.7. The van der Waals surface area contributed by atoms with Gasteiger partial charge in [-0.25, -0.2) is 12.7 Å². The molecule has 0 aliphatic carbocycles. The number of sulfonamides is 1. The minimum Gasteiger partial charge on any atom is -0.371 e. The first-order chi connectivity index (χ1) is 14.3. The second-order valence-electron chi connectivity index (χ2n) is 7.78. The van der Waals surface area contributed by atoms with Gasteiger partial charge in [-0.2, -0.15) is 0 Å². The number of nitrogens with zero attached hydrogens (tertiary/aromatic N) is 2. The molecule has 2 heterocycles. The monoisotopic (exact) mass is 427 g/mol. The van der Waals surface area contributed by atoms with Crippen LogP contribution in [0.25, 0.3) is 11.1 Å².